The van der Waals surface area contributed by atoms with Gasteiger partial charge in [-0.05, 0) is 62.7 Å². The number of aryl methyl sites for hydroxylation is 1. The predicted octanol–water partition coefficient (Wildman–Crippen LogP) is 4.72. The van der Waals surface area contributed by atoms with Crippen LogP contribution in [0.4, 0.5) is 26.3 Å². The fraction of sp³-hybridized carbons (Fsp3) is 0.387. The van der Waals surface area contributed by atoms with E-state index in [1.807, 2.05) is 37.3 Å². The molecule has 1 saturated heterocycles. The molecule has 2 aromatic carbocycles. The number of fused-ring (bicyclic) bond motifs is 1. The van der Waals surface area contributed by atoms with E-state index in [0.717, 1.165) is 41.7 Å². The molecule has 3 aromatic rings. The van der Waals surface area contributed by atoms with E-state index in [4.69, 9.17) is 29.7 Å². The number of aliphatic carboxylic acids is 2. The first kappa shape index (κ1) is 40.2. The molecule has 0 radical (unpaired) electrons. The fourth-order valence-electron chi connectivity index (χ4n) is 4.69. The maximum atomic E-state index is 12.9. The molecule has 2 atom stereocenters. The molecule has 2 heterocycles. The van der Waals surface area contributed by atoms with E-state index in [2.05, 4.69) is 22.1 Å². The minimum atomic E-state index is -5.08. The summed E-state index contributed by atoms with van der Waals surface area (Å²) < 4.78 is 69.5. The lowest BCUT2D eigenvalue weighted by atomic mass is 9.91. The van der Waals surface area contributed by atoms with Crippen molar-refractivity contribution in [3.05, 3.63) is 71.4 Å². The highest BCUT2D eigenvalue weighted by Crippen LogP contribution is 2.22. The fourth-order valence-corrected chi connectivity index (χ4v) is 4.69. The van der Waals surface area contributed by atoms with E-state index in [1.54, 1.807) is 29.7 Å². The SMILES string of the molecule is CCCN1CC[C@@H](NC(=O)c2ccc(OCc3cc(C)nc4ccccc34)cc2)[C@@H](C(=O)NO)C1.O=C(O)C(F)(F)F.O=C(O)C(F)(F)F. The number of nitrogens with zero attached hydrogens (tertiary/aromatic N) is 2. The molecular formula is C31H34F6N4O8. The summed E-state index contributed by atoms with van der Waals surface area (Å²) in [6.45, 7) is 6.62. The summed E-state index contributed by atoms with van der Waals surface area (Å²) in [6.07, 6.45) is -8.54. The molecule has 0 saturated carbocycles. The summed E-state index contributed by atoms with van der Waals surface area (Å²) in [5.41, 5.74) is 5.16. The van der Waals surface area contributed by atoms with Crippen molar-refractivity contribution >= 4 is 34.7 Å². The number of rotatable bonds is 8. The second-order valence-corrected chi connectivity index (χ2v) is 10.6. The highest BCUT2D eigenvalue weighted by molar-refractivity contribution is 5.95. The Labute approximate surface area is 275 Å². The number of piperidine rings is 1. The molecule has 5 N–H and O–H groups in total. The number of carbonyl (C=O) groups excluding carboxylic acids is 2. The molecule has 1 aliphatic rings. The van der Waals surface area contributed by atoms with Gasteiger partial charge in [0.1, 0.15) is 12.4 Å². The Morgan fingerprint density at radius 2 is 1.53 bits per heavy atom. The number of benzene rings is 2. The second kappa shape index (κ2) is 18.0. The number of nitrogens with one attached hydrogen (secondary N) is 2. The van der Waals surface area contributed by atoms with Crippen molar-refractivity contribution in [2.75, 3.05) is 19.6 Å². The van der Waals surface area contributed by atoms with Crippen LogP contribution in [0.5, 0.6) is 5.75 Å². The smallest absolute Gasteiger partial charge is 0.489 e. The Hall–Kier alpha value is -4.97. The van der Waals surface area contributed by atoms with Crippen molar-refractivity contribution in [2.24, 2.45) is 5.92 Å². The number of carboxylic acid groups (broad SMARTS) is 2. The first-order chi connectivity index (χ1) is 22.9. The highest BCUT2D eigenvalue weighted by atomic mass is 19.4. The lowest BCUT2D eigenvalue weighted by Gasteiger charge is -2.37. The molecule has 18 heteroatoms. The van der Waals surface area contributed by atoms with Crippen LogP contribution in [0.25, 0.3) is 10.9 Å². The Balaban J connectivity index is 0.000000500. The number of hydroxylamine groups is 1. The molecule has 2 amide bonds. The molecular weight excluding hydrogens is 670 g/mol. The van der Waals surface area contributed by atoms with Gasteiger partial charge in [0, 0.05) is 41.3 Å². The van der Waals surface area contributed by atoms with E-state index in [1.165, 1.54) is 0 Å². The summed E-state index contributed by atoms with van der Waals surface area (Å²) >= 11 is 0. The van der Waals surface area contributed by atoms with Gasteiger partial charge in [-0.25, -0.2) is 15.1 Å². The van der Waals surface area contributed by atoms with Crippen molar-refractivity contribution in [2.45, 2.75) is 51.7 Å². The van der Waals surface area contributed by atoms with Gasteiger partial charge in [0.15, 0.2) is 0 Å². The molecule has 12 nitrogen and oxygen atoms in total. The van der Waals surface area contributed by atoms with Crippen molar-refractivity contribution < 1.29 is 65.7 Å². The average molecular weight is 705 g/mol. The second-order valence-electron chi connectivity index (χ2n) is 10.6. The molecule has 49 heavy (non-hydrogen) atoms. The number of amides is 2. The number of para-hydroxylation sites is 1. The minimum absolute atomic E-state index is 0.253. The molecule has 1 aliphatic heterocycles. The maximum absolute atomic E-state index is 12.9. The lowest BCUT2D eigenvalue weighted by molar-refractivity contribution is -0.193. The molecule has 0 unspecified atom stereocenters. The van der Waals surface area contributed by atoms with Gasteiger partial charge in [0.2, 0.25) is 5.91 Å². The van der Waals surface area contributed by atoms with Crippen molar-refractivity contribution in [3.8, 4) is 5.75 Å². The third kappa shape index (κ3) is 12.9. The van der Waals surface area contributed by atoms with Gasteiger partial charge in [-0.3, -0.25) is 19.8 Å². The Morgan fingerprint density at radius 3 is 2.06 bits per heavy atom. The predicted molar refractivity (Wildman–Crippen MR) is 161 cm³/mol. The van der Waals surface area contributed by atoms with Crippen LogP contribution in [0.3, 0.4) is 0 Å². The van der Waals surface area contributed by atoms with Gasteiger partial charge < -0.3 is 25.2 Å². The number of ether oxygens (including phenoxy) is 1. The number of pyridine rings is 1. The Kier molecular flexibility index (Phi) is 14.7. The van der Waals surface area contributed by atoms with Gasteiger partial charge >= 0.3 is 24.3 Å². The molecule has 4 rings (SSSR count). The van der Waals surface area contributed by atoms with E-state index in [0.29, 0.717) is 30.9 Å². The van der Waals surface area contributed by atoms with Crippen LogP contribution < -0.4 is 15.5 Å². The largest absolute Gasteiger partial charge is 0.490 e. The average Bonchev–Trinajstić information content (AvgIpc) is 3.04. The molecule has 1 fully saturated rings. The van der Waals surface area contributed by atoms with Crippen LogP contribution in [-0.2, 0) is 21.0 Å². The third-order valence-corrected chi connectivity index (χ3v) is 6.93. The molecule has 0 spiro atoms. The summed E-state index contributed by atoms with van der Waals surface area (Å²) in [4.78, 5) is 49.6. The maximum Gasteiger partial charge on any atom is 0.490 e. The zero-order chi connectivity index (χ0) is 36.9. The van der Waals surface area contributed by atoms with Gasteiger partial charge in [0.05, 0.1) is 11.4 Å². The first-order valence-corrected chi connectivity index (χ1v) is 14.5. The van der Waals surface area contributed by atoms with Crippen LogP contribution in [0.1, 0.15) is 41.4 Å². The van der Waals surface area contributed by atoms with E-state index >= 15 is 0 Å². The lowest BCUT2D eigenvalue weighted by Crippen LogP contribution is -2.55. The number of aromatic nitrogens is 1. The summed E-state index contributed by atoms with van der Waals surface area (Å²) in [5.74, 6) is -6.09. The van der Waals surface area contributed by atoms with Crippen LogP contribution in [0.15, 0.2) is 54.6 Å². The number of alkyl halides is 6. The number of likely N-dealkylation sites (tertiary alicyclic amines) is 1. The van der Waals surface area contributed by atoms with Crippen molar-refractivity contribution in [1.82, 2.24) is 20.7 Å². The van der Waals surface area contributed by atoms with Crippen molar-refractivity contribution in [1.29, 1.82) is 0 Å². The molecule has 0 bridgehead atoms. The van der Waals surface area contributed by atoms with Crippen LogP contribution in [0, 0.1) is 12.8 Å². The van der Waals surface area contributed by atoms with Gasteiger partial charge in [-0.15, -0.1) is 0 Å². The van der Waals surface area contributed by atoms with Gasteiger partial charge in [0.25, 0.3) is 5.91 Å². The highest BCUT2D eigenvalue weighted by Gasteiger charge is 2.39. The standard InChI is InChI=1S/C27H32N4O4.2C2HF3O2/c1-3-13-31-14-12-25(23(16-31)27(33)30-34)29-26(32)19-8-10-21(11-9-19)35-17-20-15-18(2)28-24-7-5-4-6-22(20)24;2*3-2(4,5)1(6)7/h4-11,15,23,25,34H,3,12-14,16-17H2,1-2H3,(H,29,32)(H,30,33);2*(H,6,7)/t23-,25+;;/m0../s1. The summed E-state index contributed by atoms with van der Waals surface area (Å²) in [7, 11) is 0. The number of hydrogen-bond acceptors (Lipinski definition) is 8. The first-order valence-electron chi connectivity index (χ1n) is 14.5. The summed E-state index contributed by atoms with van der Waals surface area (Å²) in [5, 5.41) is 27.4. The third-order valence-electron chi connectivity index (χ3n) is 6.93. The number of hydrogen-bond donors (Lipinski definition) is 5. The van der Waals surface area contributed by atoms with Crippen LogP contribution >= 0.6 is 0 Å². The van der Waals surface area contributed by atoms with Crippen LogP contribution in [0.2, 0.25) is 0 Å². The normalized spacial score (nSPS) is 16.3. The Bertz CT molecular complexity index is 1560. The number of carboxylic acids is 2. The quantitative estimate of drug-likeness (QED) is 0.125. The van der Waals surface area contributed by atoms with Crippen LogP contribution in [-0.4, -0.2) is 87.1 Å². The molecule has 268 valence electrons. The number of carbonyl (C=O) groups is 4. The van der Waals surface area contributed by atoms with E-state index in [-0.39, 0.29) is 11.9 Å². The topological polar surface area (TPSA) is 178 Å². The van der Waals surface area contributed by atoms with Crippen molar-refractivity contribution in [3.63, 3.8) is 0 Å². The van der Waals surface area contributed by atoms with E-state index in [9.17, 15) is 35.9 Å². The molecule has 0 aliphatic carbocycles. The molecule has 1 aromatic heterocycles. The Morgan fingerprint density at radius 1 is 0.959 bits per heavy atom. The minimum Gasteiger partial charge on any atom is -0.489 e. The van der Waals surface area contributed by atoms with Gasteiger partial charge in [-0.1, -0.05) is 25.1 Å². The van der Waals surface area contributed by atoms with Gasteiger partial charge in [-0.2, -0.15) is 26.3 Å². The van der Waals surface area contributed by atoms with E-state index < -0.39 is 36.1 Å². The zero-order valence-corrected chi connectivity index (χ0v) is 26.1. The zero-order valence-electron chi connectivity index (χ0n) is 26.1. The monoisotopic (exact) mass is 704 g/mol. The number of halogens is 6. The summed E-state index contributed by atoms with van der Waals surface area (Å²) in [6, 6.07) is 16.6.